The lowest BCUT2D eigenvalue weighted by molar-refractivity contribution is 0.101. The number of hydrogen-bond donors (Lipinski definition) is 1. The Morgan fingerprint density at radius 1 is 1.42 bits per heavy atom. The van der Waals surface area contributed by atoms with Crippen molar-refractivity contribution in [2.45, 2.75) is 6.92 Å². The summed E-state index contributed by atoms with van der Waals surface area (Å²) < 4.78 is 0. The molecule has 2 aromatic heterocycles. The maximum atomic E-state index is 11.0. The Hall–Kier alpha value is -1.71. The normalized spacial score (nSPS) is 10.4. The zero-order chi connectivity index (χ0) is 8.55. The van der Waals surface area contributed by atoms with Crippen molar-refractivity contribution in [1.29, 1.82) is 0 Å². The van der Waals surface area contributed by atoms with Gasteiger partial charge in [0.25, 0.3) is 0 Å². The molecule has 12 heavy (non-hydrogen) atoms. The third kappa shape index (κ3) is 0.887. The molecule has 4 heteroatoms. The Balaban J connectivity index is 2.79. The van der Waals surface area contributed by atoms with Crippen LogP contribution in [0.4, 0.5) is 0 Å². The van der Waals surface area contributed by atoms with Gasteiger partial charge in [0.1, 0.15) is 5.52 Å². The summed E-state index contributed by atoms with van der Waals surface area (Å²) in [5.74, 6) is 0.00162. The summed E-state index contributed by atoms with van der Waals surface area (Å²) in [6.07, 6.45) is 4.79. The third-order valence-corrected chi connectivity index (χ3v) is 1.69. The van der Waals surface area contributed by atoms with Crippen LogP contribution in [0.25, 0.3) is 11.2 Å². The lowest BCUT2D eigenvalue weighted by Crippen LogP contribution is -1.90. The number of rotatable bonds is 1. The van der Waals surface area contributed by atoms with E-state index in [1.54, 1.807) is 18.6 Å². The molecule has 0 aromatic carbocycles. The van der Waals surface area contributed by atoms with Crippen molar-refractivity contribution in [3.8, 4) is 0 Å². The minimum atomic E-state index is 0.00162. The van der Waals surface area contributed by atoms with Crippen LogP contribution in [-0.2, 0) is 0 Å². The van der Waals surface area contributed by atoms with Crippen LogP contribution in [0, 0.1) is 0 Å². The number of carbonyl (C=O) groups excluding carboxylic acids is 1. The first-order chi connectivity index (χ1) is 5.79. The molecule has 2 rings (SSSR count). The first-order valence-electron chi connectivity index (χ1n) is 3.58. The van der Waals surface area contributed by atoms with Crippen LogP contribution < -0.4 is 0 Å². The number of Topliss-reactive ketones (excluding diaryl/α,β-unsaturated/α-hetero) is 1. The van der Waals surface area contributed by atoms with Crippen LogP contribution in [0.15, 0.2) is 18.6 Å². The highest BCUT2D eigenvalue weighted by Gasteiger charge is 2.08. The first-order valence-corrected chi connectivity index (χ1v) is 3.58. The van der Waals surface area contributed by atoms with Gasteiger partial charge < -0.3 is 4.98 Å². The van der Waals surface area contributed by atoms with Crippen molar-refractivity contribution >= 4 is 16.9 Å². The number of aromatic nitrogens is 3. The van der Waals surface area contributed by atoms with E-state index in [-0.39, 0.29) is 5.78 Å². The lowest BCUT2D eigenvalue weighted by Gasteiger charge is -1.88. The van der Waals surface area contributed by atoms with Gasteiger partial charge in [0.15, 0.2) is 11.4 Å². The zero-order valence-corrected chi connectivity index (χ0v) is 6.53. The van der Waals surface area contributed by atoms with E-state index >= 15 is 0 Å². The smallest absolute Gasteiger partial charge is 0.163 e. The Bertz CT molecular complexity index is 433. The molecule has 0 unspecified atom stereocenters. The molecule has 4 nitrogen and oxygen atoms in total. The van der Waals surface area contributed by atoms with Gasteiger partial charge >= 0.3 is 0 Å². The van der Waals surface area contributed by atoms with E-state index in [1.807, 2.05) is 0 Å². The van der Waals surface area contributed by atoms with Crippen LogP contribution in [0.2, 0.25) is 0 Å². The van der Waals surface area contributed by atoms with Gasteiger partial charge in [0, 0.05) is 18.6 Å². The van der Waals surface area contributed by atoms with Gasteiger partial charge in [-0.05, 0) is 6.92 Å². The highest BCUT2D eigenvalue weighted by atomic mass is 16.1. The topological polar surface area (TPSA) is 58.6 Å². The van der Waals surface area contributed by atoms with Crippen LogP contribution in [0.1, 0.15) is 17.3 Å². The maximum absolute atomic E-state index is 11.0. The second kappa shape index (κ2) is 2.41. The SMILES string of the molecule is CC(=O)c1c[nH]c2nccnc12. The summed E-state index contributed by atoms with van der Waals surface area (Å²) in [5.41, 5.74) is 1.89. The fraction of sp³-hybridized carbons (Fsp3) is 0.125. The van der Waals surface area contributed by atoms with Crippen molar-refractivity contribution < 1.29 is 4.79 Å². The summed E-state index contributed by atoms with van der Waals surface area (Å²) in [7, 11) is 0. The predicted octanol–water partition coefficient (Wildman–Crippen LogP) is 1.16. The van der Waals surface area contributed by atoms with Gasteiger partial charge in [-0.15, -0.1) is 0 Å². The second-order valence-corrected chi connectivity index (χ2v) is 2.51. The van der Waals surface area contributed by atoms with Gasteiger partial charge in [-0.3, -0.25) is 9.78 Å². The molecular weight excluding hydrogens is 154 g/mol. The number of carbonyl (C=O) groups is 1. The van der Waals surface area contributed by atoms with Crippen molar-refractivity contribution in [2.75, 3.05) is 0 Å². The van der Waals surface area contributed by atoms with Crippen LogP contribution in [-0.4, -0.2) is 20.7 Å². The van der Waals surface area contributed by atoms with E-state index in [0.717, 1.165) is 0 Å². The molecular formula is C8H7N3O. The average Bonchev–Trinajstić information content (AvgIpc) is 2.47. The van der Waals surface area contributed by atoms with Crippen molar-refractivity contribution in [3.63, 3.8) is 0 Å². The Kier molecular flexibility index (Phi) is 1.40. The highest BCUT2D eigenvalue weighted by molar-refractivity contribution is 6.04. The number of fused-ring (bicyclic) bond motifs is 1. The Morgan fingerprint density at radius 3 is 2.92 bits per heavy atom. The molecule has 2 heterocycles. The molecule has 2 aromatic rings. The van der Waals surface area contributed by atoms with Crippen molar-refractivity contribution in [1.82, 2.24) is 15.0 Å². The van der Waals surface area contributed by atoms with E-state index in [4.69, 9.17) is 0 Å². The Labute approximate surface area is 68.7 Å². The fourth-order valence-corrected chi connectivity index (χ4v) is 1.12. The van der Waals surface area contributed by atoms with E-state index < -0.39 is 0 Å². The monoisotopic (exact) mass is 161 g/mol. The number of hydrogen-bond acceptors (Lipinski definition) is 3. The molecule has 0 fully saturated rings. The molecule has 0 radical (unpaired) electrons. The lowest BCUT2D eigenvalue weighted by atomic mass is 10.2. The minimum Gasteiger partial charge on any atom is -0.344 e. The van der Waals surface area contributed by atoms with Crippen LogP contribution in [0.3, 0.4) is 0 Å². The Morgan fingerprint density at radius 2 is 2.17 bits per heavy atom. The number of H-pyrrole nitrogens is 1. The van der Waals surface area contributed by atoms with Crippen molar-refractivity contribution in [2.24, 2.45) is 0 Å². The standard InChI is InChI=1S/C8H7N3O/c1-5(12)6-4-11-8-7(6)9-2-3-10-8/h2-4H,1H3,(H,10,11). The summed E-state index contributed by atoms with van der Waals surface area (Å²) in [4.78, 5) is 22.0. The van der Waals surface area contributed by atoms with Gasteiger partial charge in [0.05, 0.1) is 5.56 Å². The predicted molar refractivity (Wildman–Crippen MR) is 43.9 cm³/mol. The van der Waals surface area contributed by atoms with Gasteiger partial charge in [-0.1, -0.05) is 0 Å². The van der Waals surface area contributed by atoms with E-state index in [1.165, 1.54) is 6.92 Å². The molecule has 0 saturated carbocycles. The number of aromatic amines is 1. The molecule has 0 bridgehead atoms. The van der Waals surface area contributed by atoms with Gasteiger partial charge in [-0.2, -0.15) is 0 Å². The second-order valence-electron chi connectivity index (χ2n) is 2.51. The molecule has 0 atom stereocenters. The van der Waals surface area contributed by atoms with Gasteiger partial charge in [0.2, 0.25) is 0 Å². The quantitative estimate of drug-likeness (QED) is 0.638. The van der Waals surface area contributed by atoms with Crippen LogP contribution in [0.5, 0.6) is 0 Å². The molecule has 0 amide bonds. The number of nitrogens with zero attached hydrogens (tertiary/aromatic N) is 2. The molecule has 0 spiro atoms. The van der Waals surface area contributed by atoms with Gasteiger partial charge in [-0.25, -0.2) is 4.98 Å². The molecule has 0 aliphatic carbocycles. The maximum Gasteiger partial charge on any atom is 0.163 e. The number of ketones is 1. The van der Waals surface area contributed by atoms with E-state index in [2.05, 4.69) is 15.0 Å². The molecule has 0 aliphatic heterocycles. The van der Waals surface area contributed by atoms with E-state index in [9.17, 15) is 4.79 Å². The summed E-state index contributed by atoms with van der Waals surface area (Å²) >= 11 is 0. The first kappa shape index (κ1) is 6.97. The highest BCUT2D eigenvalue weighted by Crippen LogP contribution is 2.12. The fourth-order valence-electron chi connectivity index (χ4n) is 1.12. The summed E-state index contributed by atoms with van der Waals surface area (Å²) in [6, 6.07) is 0. The molecule has 60 valence electrons. The molecule has 0 saturated heterocycles. The number of nitrogens with one attached hydrogen (secondary N) is 1. The zero-order valence-electron chi connectivity index (χ0n) is 6.53. The summed E-state index contributed by atoms with van der Waals surface area (Å²) in [6.45, 7) is 1.51. The minimum absolute atomic E-state index is 0.00162. The summed E-state index contributed by atoms with van der Waals surface area (Å²) in [5, 5.41) is 0. The largest absolute Gasteiger partial charge is 0.344 e. The van der Waals surface area contributed by atoms with E-state index in [0.29, 0.717) is 16.7 Å². The molecule has 1 N–H and O–H groups in total. The average molecular weight is 161 g/mol. The van der Waals surface area contributed by atoms with Crippen LogP contribution >= 0.6 is 0 Å². The molecule has 0 aliphatic rings. The third-order valence-electron chi connectivity index (χ3n) is 1.69. The van der Waals surface area contributed by atoms with Crippen molar-refractivity contribution in [3.05, 3.63) is 24.2 Å².